The van der Waals surface area contributed by atoms with Gasteiger partial charge in [-0.05, 0) is 30.5 Å². The molecule has 6 nitrogen and oxygen atoms in total. The van der Waals surface area contributed by atoms with Gasteiger partial charge in [-0.25, -0.2) is 4.98 Å². The molecular formula is C24H26N4O2. The van der Waals surface area contributed by atoms with Gasteiger partial charge in [-0.1, -0.05) is 48.9 Å². The summed E-state index contributed by atoms with van der Waals surface area (Å²) in [6.45, 7) is 3.11. The number of anilines is 1. The zero-order valence-corrected chi connectivity index (χ0v) is 17.0. The van der Waals surface area contributed by atoms with Crippen molar-refractivity contribution in [3.05, 3.63) is 70.5 Å². The Morgan fingerprint density at radius 3 is 2.33 bits per heavy atom. The molecule has 2 aliphatic rings. The van der Waals surface area contributed by atoms with Gasteiger partial charge in [0.15, 0.2) is 5.82 Å². The van der Waals surface area contributed by atoms with Crippen LogP contribution in [0.3, 0.4) is 0 Å². The Kier molecular flexibility index (Phi) is 4.99. The predicted octanol–water partition coefficient (Wildman–Crippen LogP) is 2.89. The van der Waals surface area contributed by atoms with E-state index in [-0.39, 0.29) is 17.4 Å². The van der Waals surface area contributed by atoms with E-state index in [9.17, 15) is 9.59 Å². The lowest BCUT2D eigenvalue weighted by Gasteiger charge is -2.38. The number of aromatic nitrogens is 2. The van der Waals surface area contributed by atoms with E-state index in [0.29, 0.717) is 38.5 Å². The predicted molar refractivity (Wildman–Crippen MR) is 118 cm³/mol. The minimum absolute atomic E-state index is 0.0728. The molecule has 5 rings (SSSR count). The van der Waals surface area contributed by atoms with Gasteiger partial charge in [0.2, 0.25) is 5.91 Å². The van der Waals surface area contributed by atoms with Crippen molar-refractivity contribution < 1.29 is 4.79 Å². The Labute approximate surface area is 175 Å². The van der Waals surface area contributed by atoms with Crippen LogP contribution in [0.15, 0.2) is 59.4 Å². The molecule has 1 aromatic heterocycles. The first kappa shape index (κ1) is 18.9. The highest BCUT2D eigenvalue weighted by Crippen LogP contribution is 2.28. The molecule has 1 saturated carbocycles. The van der Waals surface area contributed by atoms with Gasteiger partial charge in [-0.3, -0.25) is 14.2 Å². The largest absolute Gasteiger partial charge is 0.348 e. The average molecular weight is 402 g/mol. The summed E-state index contributed by atoms with van der Waals surface area (Å²) in [5.41, 5.74) is 2.67. The fourth-order valence-electron chi connectivity index (χ4n) is 4.36. The molecule has 154 valence electrons. The Morgan fingerprint density at radius 2 is 1.63 bits per heavy atom. The van der Waals surface area contributed by atoms with Crippen molar-refractivity contribution in [2.45, 2.75) is 25.8 Å². The van der Waals surface area contributed by atoms with Crippen LogP contribution in [0.5, 0.6) is 0 Å². The molecule has 1 saturated heterocycles. The number of hydrogen-bond donors (Lipinski definition) is 0. The summed E-state index contributed by atoms with van der Waals surface area (Å²) in [7, 11) is 0. The Bertz CT molecular complexity index is 1110. The maximum atomic E-state index is 13.4. The molecule has 1 aliphatic heterocycles. The Morgan fingerprint density at radius 1 is 0.933 bits per heavy atom. The van der Waals surface area contributed by atoms with E-state index < -0.39 is 0 Å². The second-order valence-corrected chi connectivity index (χ2v) is 8.24. The summed E-state index contributed by atoms with van der Waals surface area (Å²) >= 11 is 0. The lowest BCUT2D eigenvalue weighted by Crippen LogP contribution is -2.52. The zero-order chi connectivity index (χ0) is 20.5. The molecule has 30 heavy (non-hydrogen) atoms. The number of piperazine rings is 1. The fraction of sp³-hybridized carbons (Fsp3) is 0.375. The third-order valence-corrected chi connectivity index (χ3v) is 6.36. The van der Waals surface area contributed by atoms with Gasteiger partial charge < -0.3 is 9.80 Å². The molecule has 2 aromatic carbocycles. The van der Waals surface area contributed by atoms with Gasteiger partial charge in [0.25, 0.3) is 5.56 Å². The summed E-state index contributed by atoms with van der Waals surface area (Å²) in [5.74, 6) is 0.993. The van der Waals surface area contributed by atoms with Crippen molar-refractivity contribution in [1.82, 2.24) is 14.5 Å². The average Bonchev–Trinajstić information content (AvgIpc) is 2.75. The molecule has 0 N–H and O–H groups in total. The fourth-order valence-corrected chi connectivity index (χ4v) is 4.36. The molecule has 2 heterocycles. The first-order chi connectivity index (χ1) is 14.7. The molecule has 0 atom stereocenters. The van der Waals surface area contributed by atoms with Crippen LogP contribution in [0.25, 0.3) is 11.0 Å². The third-order valence-electron chi connectivity index (χ3n) is 6.36. The highest BCUT2D eigenvalue weighted by molar-refractivity contribution is 5.80. The molecule has 2 fully saturated rings. The van der Waals surface area contributed by atoms with Crippen LogP contribution in [0.1, 0.15) is 24.8 Å². The molecule has 0 bridgehead atoms. The monoisotopic (exact) mass is 402 g/mol. The first-order valence-corrected chi connectivity index (χ1v) is 10.8. The van der Waals surface area contributed by atoms with Crippen LogP contribution < -0.4 is 10.5 Å². The molecule has 3 aromatic rings. The van der Waals surface area contributed by atoms with Crippen LogP contribution in [0.4, 0.5) is 5.82 Å². The number of nitrogens with zero attached hydrogens (tertiary/aromatic N) is 4. The number of fused-ring (bicyclic) bond motifs is 1. The van der Waals surface area contributed by atoms with Gasteiger partial charge in [0, 0.05) is 32.1 Å². The topological polar surface area (TPSA) is 58.4 Å². The van der Waals surface area contributed by atoms with Crippen molar-refractivity contribution in [2.24, 2.45) is 5.92 Å². The van der Waals surface area contributed by atoms with E-state index >= 15 is 0 Å². The van der Waals surface area contributed by atoms with E-state index in [2.05, 4.69) is 0 Å². The van der Waals surface area contributed by atoms with E-state index in [1.807, 2.05) is 69.0 Å². The molecule has 1 amide bonds. The lowest BCUT2D eigenvalue weighted by molar-refractivity contribution is -0.138. The van der Waals surface area contributed by atoms with Crippen molar-refractivity contribution >= 4 is 22.8 Å². The Balaban J connectivity index is 1.44. The van der Waals surface area contributed by atoms with Gasteiger partial charge in [0.1, 0.15) is 0 Å². The SMILES string of the molecule is O=C(C1CCC1)N1CCN(c2nc3ccccc3n(Cc3ccccc3)c2=O)CC1. The minimum Gasteiger partial charge on any atom is -0.348 e. The van der Waals surface area contributed by atoms with E-state index in [0.717, 1.165) is 29.4 Å². The number of benzene rings is 2. The van der Waals surface area contributed by atoms with Crippen LogP contribution >= 0.6 is 0 Å². The highest BCUT2D eigenvalue weighted by Gasteiger charge is 2.32. The van der Waals surface area contributed by atoms with Crippen LogP contribution in [0, 0.1) is 5.92 Å². The first-order valence-electron chi connectivity index (χ1n) is 10.8. The summed E-state index contributed by atoms with van der Waals surface area (Å²) < 4.78 is 1.82. The molecule has 0 unspecified atom stereocenters. The molecule has 6 heteroatoms. The second-order valence-electron chi connectivity index (χ2n) is 8.24. The number of para-hydroxylation sites is 2. The van der Waals surface area contributed by atoms with Gasteiger partial charge in [-0.2, -0.15) is 0 Å². The molecule has 0 spiro atoms. The molecular weight excluding hydrogens is 376 g/mol. The Hall–Kier alpha value is -3.15. The van der Waals surface area contributed by atoms with Crippen molar-refractivity contribution in [2.75, 3.05) is 31.1 Å². The van der Waals surface area contributed by atoms with E-state index in [1.165, 1.54) is 6.42 Å². The summed E-state index contributed by atoms with van der Waals surface area (Å²) in [6, 6.07) is 17.8. The standard InChI is InChI=1S/C24H26N4O2/c29-23(19-9-6-10-19)27-15-13-26(14-16-27)22-24(30)28(17-18-7-2-1-3-8-18)21-12-5-4-11-20(21)25-22/h1-5,7-8,11-12,19H,6,9-10,13-17H2. The van der Waals surface area contributed by atoms with Crippen LogP contribution in [-0.2, 0) is 11.3 Å². The lowest BCUT2D eigenvalue weighted by atomic mass is 9.84. The number of hydrogen-bond acceptors (Lipinski definition) is 4. The maximum Gasteiger partial charge on any atom is 0.294 e. The van der Waals surface area contributed by atoms with Crippen molar-refractivity contribution in [1.29, 1.82) is 0 Å². The summed E-state index contributed by atoms with van der Waals surface area (Å²) in [5, 5.41) is 0. The third kappa shape index (κ3) is 3.47. The molecule has 0 radical (unpaired) electrons. The smallest absolute Gasteiger partial charge is 0.294 e. The van der Waals surface area contributed by atoms with Crippen molar-refractivity contribution in [3.8, 4) is 0 Å². The van der Waals surface area contributed by atoms with Gasteiger partial charge in [0.05, 0.1) is 17.6 Å². The van der Waals surface area contributed by atoms with Crippen LogP contribution in [0.2, 0.25) is 0 Å². The maximum absolute atomic E-state index is 13.4. The minimum atomic E-state index is -0.0728. The van der Waals surface area contributed by atoms with Crippen molar-refractivity contribution in [3.63, 3.8) is 0 Å². The van der Waals surface area contributed by atoms with E-state index in [1.54, 1.807) is 0 Å². The number of amides is 1. The normalized spacial score (nSPS) is 17.2. The number of carbonyl (C=O) groups excluding carboxylic acids is 1. The van der Waals surface area contributed by atoms with Gasteiger partial charge in [-0.15, -0.1) is 0 Å². The number of carbonyl (C=O) groups is 1. The summed E-state index contributed by atoms with van der Waals surface area (Å²) in [4.78, 5) is 34.7. The molecule has 1 aliphatic carbocycles. The quantitative estimate of drug-likeness (QED) is 0.673. The van der Waals surface area contributed by atoms with E-state index in [4.69, 9.17) is 4.98 Å². The van der Waals surface area contributed by atoms with Gasteiger partial charge >= 0.3 is 0 Å². The number of rotatable bonds is 4. The highest BCUT2D eigenvalue weighted by atomic mass is 16.2. The zero-order valence-electron chi connectivity index (χ0n) is 17.0. The summed E-state index contributed by atoms with van der Waals surface area (Å²) in [6.07, 6.45) is 3.21. The second kappa shape index (κ2) is 7.94. The van der Waals surface area contributed by atoms with Crippen LogP contribution in [-0.4, -0.2) is 46.5 Å².